The molecule has 2 aromatic heterocycles. The lowest BCUT2D eigenvalue weighted by Crippen LogP contribution is -2.45. The lowest BCUT2D eigenvalue weighted by atomic mass is 9.97. The number of hydrogen-bond donors (Lipinski definition) is 2. The Morgan fingerprint density at radius 2 is 2.04 bits per heavy atom. The van der Waals surface area contributed by atoms with Crippen molar-refractivity contribution in [2.24, 2.45) is 0 Å². The maximum Gasteiger partial charge on any atom is 0.259 e. The van der Waals surface area contributed by atoms with Crippen LogP contribution < -0.4 is 10.9 Å². The van der Waals surface area contributed by atoms with E-state index in [2.05, 4.69) is 15.3 Å². The number of rotatable bonds is 4. The fourth-order valence-electron chi connectivity index (χ4n) is 3.30. The summed E-state index contributed by atoms with van der Waals surface area (Å²) in [7, 11) is 1.85. The van der Waals surface area contributed by atoms with E-state index in [4.69, 9.17) is 0 Å². The van der Waals surface area contributed by atoms with Crippen LogP contribution in [0.25, 0.3) is 10.2 Å². The first kappa shape index (κ1) is 18.1. The molecule has 0 bridgehead atoms. The Labute approximate surface area is 151 Å². The molecule has 136 valence electrons. The normalized spacial score (nSPS) is 14.8. The molecule has 0 saturated carbocycles. The molecule has 0 radical (unpaired) electrons. The van der Waals surface area contributed by atoms with E-state index >= 15 is 0 Å². The van der Waals surface area contributed by atoms with Crippen LogP contribution in [0, 0.1) is 0 Å². The topological polar surface area (TPSA) is 78.1 Å². The van der Waals surface area contributed by atoms with Gasteiger partial charge in [0.2, 0.25) is 5.91 Å². The Balaban J connectivity index is 1.76. The van der Waals surface area contributed by atoms with E-state index in [1.165, 1.54) is 16.9 Å². The van der Waals surface area contributed by atoms with Gasteiger partial charge in [-0.2, -0.15) is 0 Å². The lowest BCUT2D eigenvalue weighted by molar-refractivity contribution is -0.123. The number of aromatic nitrogens is 2. The molecule has 0 aliphatic heterocycles. The van der Waals surface area contributed by atoms with Gasteiger partial charge in [0.15, 0.2) is 0 Å². The van der Waals surface area contributed by atoms with Crippen LogP contribution in [-0.4, -0.2) is 39.9 Å². The molecule has 0 spiro atoms. The minimum absolute atomic E-state index is 0.0370. The zero-order chi connectivity index (χ0) is 18.2. The quantitative estimate of drug-likeness (QED) is 0.874. The zero-order valence-corrected chi connectivity index (χ0v) is 16.2. The molecule has 25 heavy (non-hydrogen) atoms. The molecule has 0 aromatic carbocycles. The number of amides is 1. The summed E-state index contributed by atoms with van der Waals surface area (Å²) < 4.78 is 0. The number of aromatic amines is 1. The monoisotopic (exact) mass is 362 g/mol. The molecule has 0 atom stereocenters. The number of likely N-dealkylation sites (N-methyl/N-ethyl adjacent to an activating group) is 1. The van der Waals surface area contributed by atoms with Crippen LogP contribution in [-0.2, 0) is 24.2 Å². The molecule has 7 heteroatoms. The average Bonchev–Trinajstić information content (AvgIpc) is 2.83. The van der Waals surface area contributed by atoms with Crippen molar-refractivity contribution < 1.29 is 4.79 Å². The lowest BCUT2D eigenvalue weighted by Gasteiger charge is -2.23. The van der Waals surface area contributed by atoms with Crippen LogP contribution in [0.15, 0.2) is 4.79 Å². The molecule has 2 N–H and O–H groups in total. The second-order valence-corrected chi connectivity index (χ2v) is 8.96. The van der Waals surface area contributed by atoms with Gasteiger partial charge in [-0.3, -0.25) is 14.5 Å². The number of fused-ring (bicyclic) bond motifs is 3. The first-order valence-corrected chi connectivity index (χ1v) is 9.57. The van der Waals surface area contributed by atoms with Crippen LogP contribution in [0.3, 0.4) is 0 Å². The molecule has 2 aromatic rings. The molecule has 0 saturated heterocycles. The van der Waals surface area contributed by atoms with E-state index < -0.39 is 0 Å². The summed E-state index contributed by atoms with van der Waals surface area (Å²) >= 11 is 1.65. The van der Waals surface area contributed by atoms with Crippen molar-refractivity contribution in [1.82, 2.24) is 20.2 Å². The van der Waals surface area contributed by atoms with Crippen molar-refractivity contribution in [1.29, 1.82) is 0 Å². The van der Waals surface area contributed by atoms with Gasteiger partial charge in [-0.1, -0.05) is 0 Å². The van der Waals surface area contributed by atoms with Gasteiger partial charge >= 0.3 is 0 Å². The number of hydrogen-bond acceptors (Lipinski definition) is 5. The van der Waals surface area contributed by atoms with Gasteiger partial charge in [-0.25, -0.2) is 4.98 Å². The molecular formula is C18H26N4O2S. The molecule has 3 rings (SSSR count). The fraction of sp³-hybridized carbons (Fsp3) is 0.611. The van der Waals surface area contributed by atoms with E-state index in [-0.39, 0.29) is 23.6 Å². The summed E-state index contributed by atoms with van der Waals surface area (Å²) in [5, 5.41) is 3.71. The Hall–Kier alpha value is -1.73. The highest BCUT2D eigenvalue weighted by Gasteiger charge is 2.20. The van der Waals surface area contributed by atoms with E-state index in [1.54, 1.807) is 11.3 Å². The Morgan fingerprint density at radius 1 is 1.32 bits per heavy atom. The van der Waals surface area contributed by atoms with Gasteiger partial charge < -0.3 is 10.3 Å². The highest BCUT2D eigenvalue weighted by molar-refractivity contribution is 7.18. The standard InChI is InChI=1S/C18H26N4O2S/c1-18(2,3)21-14(23)10-22(4)9-13-19-16(24)15-11-7-5-6-8-12(11)25-17(15)20-13/h5-10H2,1-4H3,(H,21,23)(H,19,20,24). The van der Waals surface area contributed by atoms with Crippen LogP contribution in [0.2, 0.25) is 0 Å². The van der Waals surface area contributed by atoms with Crippen molar-refractivity contribution in [2.75, 3.05) is 13.6 Å². The fourth-order valence-corrected chi connectivity index (χ4v) is 4.58. The minimum atomic E-state index is -0.251. The molecule has 2 heterocycles. The van der Waals surface area contributed by atoms with Gasteiger partial charge in [0.25, 0.3) is 5.56 Å². The van der Waals surface area contributed by atoms with Crippen LogP contribution in [0.1, 0.15) is 49.9 Å². The first-order chi connectivity index (χ1) is 11.7. The number of nitrogens with one attached hydrogen (secondary N) is 2. The third-order valence-electron chi connectivity index (χ3n) is 4.22. The summed E-state index contributed by atoms with van der Waals surface area (Å²) in [6.45, 7) is 6.56. The highest BCUT2D eigenvalue weighted by atomic mass is 32.1. The highest BCUT2D eigenvalue weighted by Crippen LogP contribution is 2.33. The first-order valence-electron chi connectivity index (χ1n) is 8.76. The zero-order valence-electron chi connectivity index (χ0n) is 15.4. The van der Waals surface area contributed by atoms with Gasteiger partial charge in [0.1, 0.15) is 10.7 Å². The van der Waals surface area contributed by atoms with E-state index in [1.807, 2.05) is 32.7 Å². The summed E-state index contributed by atoms with van der Waals surface area (Å²) in [5.41, 5.74) is 0.899. The van der Waals surface area contributed by atoms with Crippen molar-refractivity contribution in [2.45, 2.75) is 58.5 Å². The number of thiophene rings is 1. The maximum absolute atomic E-state index is 12.5. The van der Waals surface area contributed by atoms with Gasteiger partial charge in [-0.15, -0.1) is 11.3 Å². The number of nitrogens with zero attached hydrogens (tertiary/aromatic N) is 2. The third kappa shape index (κ3) is 4.27. The second-order valence-electron chi connectivity index (χ2n) is 7.87. The molecule has 6 nitrogen and oxygen atoms in total. The molecule has 1 aliphatic carbocycles. The molecule has 1 amide bonds. The van der Waals surface area contributed by atoms with Crippen molar-refractivity contribution in [3.63, 3.8) is 0 Å². The Morgan fingerprint density at radius 3 is 2.76 bits per heavy atom. The van der Waals surface area contributed by atoms with E-state index in [0.717, 1.165) is 29.5 Å². The second kappa shape index (κ2) is 6.88. The van der Waals surface area contributed by atoms with Gasteiger partial charge in [0.05, 0.1) is 18.5 Å². The van der Waals surface area contributed by atoms with E-state index in [0.29, 0.717) is 12.4 Å². The summed E-state index contributed by atoms with van der Waals surface area (Å²) in [4.78, 5) is 36.1. The van der Waals surface area contributed by atoms with Crippen LogP contribution >= 0.6 is 11.3 Å². The minimum Gasteiger partial charge on any atom is -0.350 e. The van der Waals surface area contributed by atoms with Crippen molar-refractivity contribution in [3.8, 4) is 0 Å². The number of H-pyrrole nitrogens is 1. The molecule has 0 unspecified atom stereocenters. The summed E-state index contributed by atoms with van der Waals surface area (Å²) in [5.74, 6) is 0.576. The summed E-state index contributed by atoms with van der Waals surface area (Å²) in [6.07, 6.45) is 4.37. The molecule has 0 fully saturated rings. The van der Waals surface area contributed by atoms with Crippen LogP contribution in [0.4, 0.5) is 0 Å². The van der Waals surface area contributed by atoms with Crippen molar-refractivity contribution in [3.05, 3.63) is 26.6 Å². The van der Waals surface area contributed by atoms with Gasteiger partial charge in [0, 0.05) is 10.4 Å². The molecular weight excluding hydrogens is 336 g/mol. The summed E-state index contributed by atoms with van der Waals surface area (Å²) in [6, 6.07) is 0. The van der Waals surface area contributed by atoms with Gasteiger partial charge in [-0.05, 0) is 59.1 Å². The van der Waals surface area contributed by atoms with Crippen molar-refractivity contribution >= 4 is 27.5 Å². The number of carbonyl (C=O) groups is 1. The Bertz CT molecular complexity index is 847. The largest absolute Gasteiger partial charge is 0.350 e. The van der Waals surface area contributed by atoms with E-state index in [9.17, 15) is 9.59 Å². The number of carbonyl (C=O) groups excluding carboxylic acids is 1. The van der Waals surface area contributed by atoms with Crippen LogP contribution in [0.5, 0.6) is 0 Å². The molecule has 1 aliphatic rings. The average molecular weight is 362 g/mol. The Kier molecular flexibility index (Phi) is 4.97. The predicted molar refractivity (Wildman–Crippen MR) is 101 cm³/mol. The number of aryl methyl sites for hydroxylation is 2. The smallest absolute Gasteiger partial charge is 0.259 e. The third-order valence-corrected chi connectivity index (χ3v) is 5.41. The SMILES string of the molecule is CN(CC(=O)NC(C)(C)C)Cc1nc2sc3c(c2c(=O)[nH]1)CCCC3. The predicted octanol–water partition coefficient (Wildman–Crippen LogP) is 2.21. The maximum atomic E-state index is 12.5.